The molecular weight excluding hydrogens is 345 g/mol. The van der Waals surface area contributed by atoms with Gasteiger partial charge < -0.3 is 9.47 Å². The normalized spacial score (nSPS) is 12.1. The van der Waals surface area contributed by atoms with Crippen LogP contribution in [0.15, 0.2) is 48.5 Å². The Morgan fingerprint density at radius 2 is 0.870 bits per heavy atom. The molecule has 0 radical (unpaired) electrons. The molecule has 0 fully saturated rings. The lowest BCUT2D eigenvalue weighted by molar-refractivity contribution is -0.275. The molecule has 0 unspecified atom stereocenters. The average Bonchev–Trinajstić information content (AvgIpc) is 2.40. The Morgan fingerprint density at radius 3 is 1.13 bits per heavy atom. The first kappa shape index (κ1) is 17.4. The maximum atomic E-state index is 12.0. The molecular formula is C14H9F6O2P. The number of benzene rings is 2. The smallest absolute Gasteiger partial charge is 0.406 e. The molecule has 2 nitrogen and oxygen atoms in total. The van der Waals surface area contributed by atoms with Gasteiger partial charge in [-0.25, -0.2) is 0 Å². The summed E-state index contributed by atoms with van der Waals surface area (Å²) in [6.45, 7) is 0. The maximum absolute atomic E-state index is 12.0. The second-order valence-corrected chi connectivity index (χ2v) is 5.67. The van der Waals surface area contributed by atoms with Crippen LogP contribution in [0.5, 0.6) is 11.5 Å². The van der Waals surface area contributed by atoms with Gasteiger partial charge in [-0.05, 0) is 34.9 Å². The lowest BCUT2D eigenvalue weighted by Crippen LogP contribution is -2.17. The number of ether oxygens (including phenoxy) is 2. The van der Waals surface area contributed by atoms with Crippen molar-refractivity contribution in [1.82, 2.24) is 0 Å². The van der Waals surface area contributed by atoms with E-state index in [4.69, 9.17) is 0 Å². The Morgan fingerprint density at radius 1 is 0.565 bits per heavy atom. The SMILES string of the molecule is FC(F)(F)Oc1ccc(Pc2ccc(OC(F)(F)F)cc2)cc1. The Hall–Kier alpha value is -1.95. The van der Waals surface area contributed by atoms with Crippen LogP contribution in [0.4, 0.5) is 26.3 Å². The van der Waals surface area contributed by atoms with Crippen LogP contribution in [0.1, 0.15) is 0 Å². The quantitative estimate of drug-likeness (QED) is 0.608. The van der Waals surface area contributed by atoms with Crippen molar-refractivity contribution in [1.29, 1.82) is 0 Å². The van der Waals surface area contributed by atoms with E-state index in [2.05, 4.69) is 9.47 Å². The van der Waals surface area contributed by atoms with E-state index in [1.807, 2.05) is 0 Å². The summed E-state index contributed by atoms with van der Waals surface area (Å²) >= 11 is 0. The average molecular weight is 354 g/mol. The highest BCUT2D eigenvalue weighted by atomic mass is 31.1. The predicted molar refractivity (Wildman–Crippen MR) is 73.8 cm³/mol. The molecule has 0 aromatic heterocycles. The third-order valence-electron chi connectivity index (χ3n) is 2.46. The van der Waals surface area contributed by atoms with Crippen LogP contribution in [0, 0.1) is 0 Å². The zero-order valence-electron chi connectivity index (χ0n) is 11.2. The summed E-state index contributed by atoms with van der Waals surface area (Å²) in [5.74, 6) is -0.667. The number of hydrogen-bond donors (Lipinski definition) is 0. The second kappa shape index (κ2) is 6.66. The van der Waals surface area contributed by atoms with E-state index in [0.717, 1.165) is 0 Å². The van der Waals surface area contributed by atoms with E-state index in [-0.39, 0.29) is 20.1 Å². The minimum absolute atomic E-state index is 0.0720. The fourth-order valence-electron chi connectivity index (χ4n) is 1.65. The molecule has 0 aliphatic carbocycles. The maximum Gasteiger partial charge on any atom is 0.573 e. The van der Waals surface area contributed by atoms with Crippen LogP contribution >= 0.6 is 8.58 Å². The zero-order valence-corrected chi connectivity index (χ0v) is 12.2. The van der Waals surface area contributed by atoms with Crippen LogP contribution in [-0.4, -0.2) is 12.7 Å². The molecule has 0 aliphatic rings. The summed E-state index contributed by atoms with van der Waals surface area (Å²) in [5, 5.41) is 1.42. The van der Waals surface area contributed by atoms with Crippen molar-refractivity contribution in [2.24, 2.45) is 0 Å². The Bertz CT molecular complexity index is 577. The predicted octanol–water partition coefficient (Wildman–Crippen LogP) is 4.11. The molecule has 124 valence electrons. The molecule has 0 amide bonds. The first-order valence-corrected chi connectivity index (χ1v) is 7.09. The van der Waals surface area contributed by atoms with Crippen LogP contribution in [-0.2, 0) is 0 Å². The van der Waals surface area contributed by atoms with Gasteiger partial charge in [-0.3, -0.25) is 0 Å². The summed E-state index contributed by atoms with van der Waals surface area (Å²) in [6, 6.07) is 10.5. The fraction of sp³-hybridized carbons (Fsp3) is 0.143. The summed E-state index contributed by atoms with van der Waals surface area (Å²) < 4.78 is 79.7. The molecule has 0 saturated carbocycles. The van der Waals surface area contributed by atoms with Crippen LogP contribution in [0.25, 0.3) is 0 Å². The molecule has 0 N–H and O–H groups in total. The molecule has 0 saturated heterocycles. The standard InChI is InChI=1S/C14H9F6O2P/c15-13(16,17)21-9-1-5-11(6-2-9)23-12-7-3-10(4-8-12)22-14(18,19)20/h1-8,23H. The highest BCUT2D eigenvalue weighted by molar-refractivity contribution is 7.55. The minimum atomic E-state index is -4.75. The van der Waals surface area contributed by atoms with Crippen molar-refractivity contribution >= 4 is 19.2 Å². The van der Waals surface area contributed by atoms with E-state index >= 15 is 0 Å². The number of halogens is 6. The van der Waals surface area contributed by atoms with Crippen LogP contribution < -0.4 is 20.1 Å². The van der Waals surface area contributed by atoms with Crippen molar-refractivity contribution in [3.63, 3.8) is 0 Å². The van der Waals surface area contributed by atoms with Gasteiger partial charge in [0.2, 0.25) is 0 Å². The zero-order chi connectivity index (χ0) is 17.1. The number of alkyl halides is 6. The molecule has 2 aromatic rings. The van der Waals surface area contributed by atoms with Gasteiger partial charge in [-0.2, -0.15) is 0 Å². The lowest BCUT2D eigenvalue weighted by Gasteiger charge is -2.10. The summed E-state index contributed by atoms with van der Waals surface area (Å²) in [6.07, 6.45) is -9.50. The minimum Gasteiger partial charge on any atom is -0.406 e. The van der Waals surface area contributed by atoms with Crippen LogP contribution in [0.2, 0.25) is 0 Å². The first-order chi connectivity index (χ1) is 10.6. The van der Waals surface area contributed by atoms with Gasteiger partial charge in [0.15, 0.2) is 0 Å². The molecule has 23 heavy (non-hydrogen) atoms. The third-order valence-corrected chi connectivity index (χ3v) is 3.71. The van der Waals surface area contributed by atoms with E-state index in [0.29, 0.717) is 10.6 Å². The van der Waals surface area contributed by atoms with Gasteiger partial charge in [-0.15, -0.1) is 26.3 Å². The van der Waals surface area contributed by atoms with E-state index in [1.54, 1.807) is 0 Å². The molecule has 2 aromatic carbocycles. The Balaban J connectivity index is 1.99. The largest absolute Gasteiger partial charge is 0.573 e. The molecule has 2 rings (SSSR count). The van der Waals surface area contributed by atoms with Gasteiger partial charge in [0.25, 0.3) is 0 Å². The van der Waals surface area contributed by atoms with Gasteiger partial charge in [0.1, 0.15) is 11.5 Å². The monoisotopic (exact) mass is 354 g/mol. The number of hydrogen-bond acceptors (Lipinski definition) is 2. The number of rotatable bonds is 4. The highest BCUT2D eigenvalue weighted by Crippen LogP contribution is 2.24. The summed E-state index contributed by atoms with van der Waals surface area (Å²) in [4.78, 5) is 0. The highest BCUT2D eigenvalue weighted by Gasteiger charge is 2.31. The van der Waals surface area contributed by atoms with Gasteiger partial charge in [-0.1, -0.05) is 32.8 Å². The van der Waals surface area contributed by atoms with Crippen molar-refractivity contribution in [2.45, 2.75) is 12.7 Å². The van der Waals surface area contributed by atoms with E-state index in [9.17, 15) is 26.3 Å². The van der Waals surface area contributed by atoms with Crippen molar-refractivity contribution in [3.8, 4) is 11.5 Å². The third kappa shape index (κ3) is 6.36. The van der Waals surface area contributed by atoms with Crippen molar-refractivity contribution in [3.05, 3.63) is 48.5 Å². The second-order valence-electron chi connectivity index (χ2n) is 4.27. The summed E-state index contributed by atoms with van der Waals surface area (Å²) in [5.41, 5.74) is 0. The molecule has 0 atom stereocenters. The van der Waals surface area contributed by atoms with Gasteiger partial charge >= 0.3 is 12.7 Å². The lowest BCUT2D eigenvalue weighted by atomic mass is 10.3. The topological polar surface area (TPSA) is 18.5 Å². The molecule has 0 spiro atoms. The Labute approximate surface area is 128 Å². The van der Waals surface area contributed by atoms with Crippen molar-refractivity contribution < 1.29 is 35.8 Å². The van der Waals surface area contributed by atoms with Gasteiger partial charge in [0, 0.05) is 0 Å². The van der Waals surface area contributed by atoms with Crippen molar-refractivity contribution in [2.75, 3.05) is 0 Å². The van der Waals surface area contributed by atoms with Crippen LogP contribution in [0.3, 0.4) is 0 Å². The Kier molecular flexibility index (Phi) is 5.04. The van der Waals surface area contributed by atoms with Gasteiger partial charge in [0.05, 0.1) is 0 Å². The first-order valence-electron chi connectivity index (χ1n) is 6.09. The summed E-state index contributed by atoms with van der Waals surface area (Å²) in [7, 11) is 0.0720. The molecule has 0 heterocycles. The molecule has 9 heteroatoms. The fourth-order valence-corrected chi connectivity index (χ4v) is 2.65. The molecule has 0 aliphatic heterocycles. The van der Waals surface area contributed by atoms with E-state index < -0.39 is 12.7 Å². The van der Waals surface area contributed by atoms with E-state index in [1.165, 1.54) is 48.5 Å². The molecule has 0 bridgehead atoms.